The molecule has 1 fully saturated rings. The van der Waals surface area contributed by atoms with E-state index in [1.807, 2.05) is 64.5 Å². The second-order valence-electron chi connectivity index (χ2n) is 7.08. The fourth-order valence-corrected chi connectivity index (χ4v) is 4.33. The van der Waals surface area contributed by atoms with Gasteiger partial charge in [0.1, 0.15) is 5.75 Å². The van der Waals surface area contributed by atoms with Crippen LogP contribution in [0.1, 0.15) is 5.56 Å². The van der Waals surface area contributed by atoms with Gasteiger partial charge < -0.3 is 9.64 Å². The Kier molecular flexibility index (Phi) is 6.66. The van der Waals surface area contributed by atoms with Crippen LogP contribution >= 0.6 is 11.8 Å². The summed E-state index contributed by atoms with van der Waals surface area (Å²) >= 11 is 1.47. The number of nitrogens with zero attached hydrogens (tertiary/aromatic N) is 5. The fourth-order valence-electron chi connectivity index (χ4n) is 3.46. The van der Waals surface area contributed by atoms with Gasteiger partial charge in [-0.1, -0.05) is 11.8 Å². The number of hydrogen-bond donors (Lipinski definition) is 0. The highest BCUT2D eigenvalue weighted by atomic mass is 32.2. The Morgan fingerprint density at radius 1 is 1.03 bits per heavy atom. The lowest BCUT2D eigenvalue weighted by Crippen LogP contribution is -2.48. The van der Waals surface area contributed by atoms with E-state index >= 15 is 0 Å². The molecule has 1 saturated heterocycles. The molecule has 0 atom stereocenters. The maximum absolute atomic E-state index is 12.7. The molecule has 0 saturated carbocycles. The summed E-state index contributed by atoms with van der Waals surface area (Å²) in [4.78, 5) is 25.5. The Morgan fingerprint density at radius 2 is 1.77 bits per heavy atom. The molecular weight excluding hydrogens is 398 g/mol. The van der Waals surface area contributed by atoms with Crippen LogP contribution in [0.5, 0.6) is 5.75 Å². The van der Waals surface area contributed by atoms with Crippen molar-refractivity contribution in [3.8, 4) is 11.4 Å². The molecule has 4 rings (SSSR count). The normalized spacial score (nSPS) is 14.6. The molecule has 3 heterocycles. The van der Waals surface area contributed by atoms with Crippen LogP contribution in [-0.2, 0) is 11.3 Å². The number of rotatable bonds is 7. The van der Waals surface area contributed by atoms with Crippen LogP contribution in [0.4, 0.5) is 0 Å². The van der Waals surface area contributed by atoms with E-state index in [1.54, 1.807) is 13.3 Å². The van der Waals surface area contributed by atoms with Gasteiger partial charge >= 0.3 is 0 Å². The van der Waals surface area contributed by atoms with Gasteiger partial charge in [0.15, 0.2) is 5.16 Å². The van der Waals surface area contributed by atoms with Crippen LogP contribution in [0.25, 0.3) is 5.69 Å². The molecule has 1 aromatic carbocycles. The third kappa shape index (κ3) is 5.01. The summed E-state index contributed by atoms with van der Waals surface area (Å²) in [5, 5.41) is 0.810. The van der Waals surface area contributed by atoms with Crippen molar-refractivity contribution in [2.45, 2.75) is 11.7 Å². The largest absolute Gasteiger partial charge is 0.497 e. The molecule has 156 valence electrons. The van der Waals surface area contributed by atoms with E-state index in [-0.39, 0.29) is 5.91 Å². The third-order valence-electron chi connectivity index (χ3n) is 5.16. The molecule has 0 bridgehead atoms. The van der Waals surface area contributed by atoms with E-state index in [9.17, 15) is 4.79 Å². The number of aromatic nitrogens is 3. The molecule has 30 heavy (non-hydrogen) atoms. The second-order valence-corrected chi connectivity index (χ2v) is 8.02. The van der Waals surface area contributed by atoms with Crippen molar-refractivity contribution in [2.24, 2.45) is 0 Å². The first-order chi connectivity index (χ1) is 14.7. The molecule has 1 aliphatic rings. The number of thioether (sulfide) groups is 1. The van der Waals surface area contributed by atoms with E-state index in [2.05, 4.69) is 14.9 Å². The average molecular weight is 424 g/mol. The summed E-state index contributed by atoms with van der Waals surface area (Å²) in [6.07, 6.45) is 7.31. The van der Waals surface area contributed by atoms with E-state index in [4.69, 9.17) is 4.74 Å². The molecular formula is C22H25N5O2S. The highest BCUT2D eigenvalue weighted by Gasteiger charge is 2.21. The highest BCUT2D eigenvalue weighted by Crippen LogP contribution is 2.23. The maximum Gasteiger partial charge on any atom is 0.233 e. The smallest absolute Gasteiger partial charge is 0.233 e. The molecule has 0 spiro atoms. The minimum absolute atomic E-state index is 0.160. The van der Waals surface area contributed by atoms with Gasteiger partial charge in [-0.2, -0.15) is 0 Å². The summed E-state index contributed by atoms with van der Waals surface area (Å²) < 4.78 is 7.21. The van der Waals surface area contributed by atoms with Crippen molar-refractivity contribution in [3.63, 3.8) is 0 Å². The van der Waals surface area contributed by atoms with Crippen LogP contribution in [0.2, 0.25) is 0 Å². The summed E-state index contributed by atoms with van der Waals surface area (Å²) in [7, 11) is 1.65. The van der Waals surface area contributed by atoms with Crippen molar-refractivity contribution < 1.29 is 9.53 Å². The number of imidazole rings is 1. The van der Waals surface area contributed by atoms with Gasteiger partial charge in [-0.25, -0.2) is 4.98 Å². The van der Waals surface area contributed by atoms with Gasteiger partial charge in [-0.3, -0.25) is 19.2 Å². The lowest BCUT2D eigenvalue weighted by Gasteiger charge is -2.34. The number of piperazine rings is 1. The topological polar surface area (TPSA) is 63.5 Å². The monoisotopic (exact) mass is 423 g/mol. The summed E-state index contributed by atoms with van der Waals surface area (Å²) in [5.74, 6) is 1.36. The van der Waals surface area contributed by atoms with E-state index in [1.165, 1.54) is 17.3 Å². The van der Waals surface area contributed by atoms with Gasteiger partial charge in [0.25, 0.3) is 0 Å². The first-order valence-electron chi connectivity index (χ1n) is 9.92. The molecule has 1 aliphatic heterocycles. The number of methoxy groups -OCH3 is 1. The Hall–Kier alpha value is -2.84. The number of benzene rings is 1. The summed E-state index contributed by atoms with van der Waals surface area (Å²) in [6, 6.07) is 11.9. The van der Waals surface area contributed by atoms with Crippen molar-refractivity contribution in [2.75, 3.05) is 39.0 Å². The minimum Gasteiger partial charge on any atom is -0.497 e. The number of carbonyl (C=O) groups is 1. The van der Waals surface area contributed by atoms with Gasteiger partial charge in [0.05, 0.1) is 12.9 Å². The van der Waals surface area contributed by atoms with Gasteiger partial charge in [-0.15, -0.1) is 0 Å². The van der Waals surface area contributed by atoms with Gasteiger partial charge in [0.2, 0.25) is 5.91 Å². The maximum atomic E-state index is 12.7. The number of carbonyl (C=O) groups excluding carboxylic acids is 1. The first-order valence-corrected chi connectivity index (χ1v) is 10.9. The highest BCUT2D eigenvalue weighted by molar-refractivity contribution is 7.99. The standard InChI is InChI=1S/C22H25N5O2S/c1-29-20-4-2-19(3-5-20)27-11-10-24-22(27)30-17-21(28)26-14-12-25(13-15-26)16-18-6-8-23-9-7-18/h2-11H,12-17H2,1H3. The number of pyridine rings is 1. The van der Waals surface area contributed by atoms with Crippen LogP contribution in [0.15, 0.2) is 66.3 Å². The quantitative estimate of drug-likeness (QED) is 0.545. The summed E-state index contributed by atoms with van der Waals surface area (Å²) in [6.45, 7) is 4.20. The Balaban J connectivity index is 1.28. The molecule has 1 amide bonds. The van der Waals surface area contributed by atoms with Crippen molar-refractivity contribution in [3.05, 3.63) is 66.7 Å². The predicted molar refractivity (Wildman–Crippen MR) is 117 cm³/mol. The van der Waals surface area contributed by atoms with Crippen LogP contribution in [0.3, 0.4) is 0 Å². The molecule has 7 nitrogen and oxygen atoms in total. The van der Waals surface area contributed by atoms with Crippen molar-refractivity contribution >= 4 is 17.7 Å². The van der Waals surface area contributed by atoms with Crippen LogP contribution in [-0.4, -0.2) is 69.3 Å². The van der Waals surface area contributed by atoms with Gasteiger partial charge in [0, 0.05) is 63.2 Å². The van der Waals surface area contributed by atoms with E-state index in [0.29, 0.717) is 5.75 Å². The molecule has 8 heteroatoms. The van der Waals surface area contributed by atoms with Crippen molar-refractivity contribution in [1.82, 2.24) is 24.3 Å². The number of ether oxygens (including phenoxy) is 1. The second kappa shape index (κ2) is 9.77. The molecule has 3 aromatic rings. The van der Waals surface area contributed by atoms with Crippen LogP contribution in [0, 0.1) is 0 Å². The zero-order valence-electron chi connectivity index (χ0n) is 17.0. The number of amides is 1. The molecule has 0 unspecified atom stereocenters. The predicted octanol–water partition coefficient (Wildman–Crippen LogP) is 2.71. The van der Waals surface area contributed by atoms with Gasteiger partial charge in [-0.05, 0) is 42.0 Å². The van der Waals surface area contributed by atoms with E-state index < -0.39 is 0 Å². The Labute approximate surface area is 180 Å². The summed E-state index contributed by atoms with van der Waals surface area (Å²) in [5.41, 5.74) is 2.25. The number of hydrogen-bond acceptors (Lipinski definition) is 6. The third-order valence-corrected chi connectivity index (χ3v) is 6.11. The zero-order chi connectivity index (χ0) is 20.8. The first kappa shape index (κ1) is 20.4. The van der Waals surface area contributed by atoms with Crippen molar-refractivity contribution in [1.29, 1.82) is 0 Å². The molecule has 0 N–H and O–H groups in total. The SMILES string of the molecule is COc1ccc(-n2ccnc2SCC(=O)N2CCN(Cc3ccncc3)CC2)cc1. The van der Waals surface area contributed by atoms with Crippen LogP contribution < -0.4 is 4.74 Å². The minimum atomic E-state index is 0.160. The molecule has 2 aromatic heterocycles. The molecule has 0 aliphatic carbocycles. The lowest BCUT2D eigenvalue weighted by molar-refractivity contribution is -0.130. The Morgan fingerprint density at radius 3 is 2.47 bits per heavy atom. The zero-order valence-corrected chi connectivity index (χ0v) is 17.8. The molecule has 0 radical (unpaired) electrons. The Bertz CT molecular complexity index is 953. The fraction of sp³-hybridized carbons (Fsp3) is 0.318. The average Bonchev–Trinajstić information content (AvgIpc) is 3.27. The lowest BCUT2D eigenvalue weighted by atomic mass is 10.2. The van der Waals surface area contributed by atoms with E-state index in [0.717, 1.165) is 49.3 Å².